The van der Waals surface area contributed by atoms with Gasteiger partial charge in [-0.15, -0.1) is 0 Å². The van der Waals surface area contributed by atoms with Crippen molar-refractivity contribution in [1.82, 2.24) is 0 Å². The van der Waals surface area contributed by atoms with Crippen LogP contribution in [-0.4, -0.2) is 52.0 Å². The third-order valence-electron chi connectivity index (χ3n) is 1.55. The summed E-state index contributed by atoms with van der Waals surface area (Å²) < 4.78 is 4.29. The quantitative estimate of drug-likeness (QED) is 0.310. The number of carbonyl (C=O) groups is 2. The van der Waals surface area contributed by atoms with E-state index in [1.54, 1.807) is 0 Å². The summed E-state index contributed by atoms with van der Waals surface area (Å²) in [5.41, 5.74) is 0. The Kier molecular flexibility index (Phi) is 2.41. The Bertz CT molecular complexity index is 212. The second-order valence-corrected chi connectivity index (χ2v) is 2.41. The van der Waals surface area contributed by atoms with Gasteiger partial charge >= 0.3 is 5.97 Å². The van der Waals surface area contributed by atoms with E-state index >= 15 is 0 Å². The molecule has 1 rings (SSSR count). The molecular weight excluding hydrogens is 168 g/mol. The Morgan fingerprint density at radius 2 is 2.08 bits per heavy atom. The zero-order chi connectivity index (χ0) is 9.30. The van der Waals surface area contributed by atoms with Crippen LogP contribution in [-0.2, 0) is 14.3 Å². The van der Waals surface area contributed by atoms with Crippen molar-refractivity contribution in [2.24, 2.45) is 0 Å². The molecule has 1 aliphatic rings. The van der Waals surface area contributed by atoms with E-state index in [-0.39, 0.29) is 0 Å². The van der Waals surface area contributed by atoms with E-state index in [2.05, 4.69) is 4.74 Å². The minimum absolute atomic E-state index is 0.698. The summed E-state index contributed by atoms with van der Waals surface area (Å²) >= 11 is 0. The van der Waals surface area contributed by atoms with E-state index in [0.717, 1.165) is 0 Å². The minimum atomic E-state index is -1.82. The second-order valence-electron chi connectivity index (χ2n) is 2.41. The molecule has 1 heterocycles. The van der Waals surface area contributed by atoms with Gasteiger partial charge in [0.1, 0.15) is 6.10 Å². The van der Waals surface area contributed by atoms with Crippen molar-refractivity contribution in [3.63, 3.8) is 0 Å². The van der Waals surface area contributed by atoms with Gasteiger partial charge in [0.25, 0.3) is 0 Å². The average Bonchev–Trinajstić information content (AvgIpc) is 2.32. The van der Waals surface area contributed by atoms with Crippen LogP contribution in [0.25, 0.3) is 0 Å². The highest BCUT2D eigenvalue weighted by molar-refractivity contribution is 6.09. The molecule has 0 aromatic carbocycles. The second kappa shape index (κ2) is 3.18. The molecule has 1 aliphatic heterocycles. The van der Waals surface area contributed by atoms with Gasteiger partial charge < -0.3 is 20.1 Å². The molecule has 0 radical (unpaired) electrons. The standard InChI is InChI=1S/C6H8O6/c7-1-2(8)5-3(9)4(10)6(11)12-5/h2,4-5,7-8,10H,1H2/t2-,4?,5+/m1/s1. The number of ketones is 1. The van der Waals surface area contributed by atoms with E-state index in [0.29, 0.717) is 0 Å². The van der Waals surface area contributed by atoms with Gasteiger partial charge in [-0.25, -0.2) is 4.79 Å². The maximum Gasteiger partial charge on any atom is 0.343 e. The Balaban J connectivity index is 2.71. The maximum absolute atomic E-state index is 10.8. The van der Waals surface area contributed by atoms with Gasteiger partial charge in [-0.3, -0.25) is 4.79 Å². The number of cyclic esters (lactones) is 1. The molecule has 1 unspecified atom stereocenters. The van der Waals surface area contributed by atoms with Gasteiger partial charge in [0.05, 0.1) is 6.61 Å². The Morgan fingerprint density at radius 3 is 2.42 bits per heavy atom. The summed E-state index contributed by atoms with van der Waals surface area (Å²) in [6, 6.07) is 0. The van der Waals surface area contributed by atoms with E-state index in [1.165, 1.54) is 0 Å². The zero-order valence-corrected chi connectivity index (χ0v) is 6.01. The van der Waals surface area contributed by atoms with Crippen LogP contribution in [0.5, 0.6) is 0 Å². The molecule has 3 N–H and O–H groups in total. The molecule has 0 bridgehead atoms. The van der Waals surface area contributed by atoms with Gasteiger partial charge in [-0.1, -0.05) is 0 Å². The molecule has 12 heavy (non-hydrogen) atoms. The molecule has 0 aromatic heterocycles. The fraction of sp³-hybridized carbons (Fsp3) is 0.667. The molecule has 1 fully saturated rings. The number of ether oxygens (including phenoxy) is 1. The number of rotatable bonds is 2. The fourth-order valence-electron chi connectivity index (χ4n) is 0.883. The van der Waals surface area contributed by atoms with Crippen molar-refractivity contribution in [3.8, 4) is 0 Å². The smallest absolute Gasteiger partial charge is 0.343 e. The summed E-state index contributed by atoms with van der Waals surface area (Å²) in [6.07, 6.45) is -4.72. The van der Waals surface area contributed by atoms with Crippen LogP contribution >= 0.6 is 0 Å². The Morgan fingerprint density at radius 1 is 1.50 bits per heavy atom. The topological polar surface area (TPSA) is 104 Å². The van der Waals surface area contributed by atoms with Crippen molar-refractivity contribution in [2.75, 3.05) is 6.61 Å². The first kappa shape index (κ1) is 9.11. The van der Waals surface area contributed by atoms with Crippen molar-refractivity contribution < 1.29 is 29.6 Å². The van der Waals surface area contributed by atoms with E-state index < -0.39 is 36.7 Å². The first-order valence-corrected chi connectivity index (χ1v) is 3.29. The average molecular weight is 176 g/mol. The van der Waals surface area contributed by atoms with E-state index in [9.17, 15) is 9.59 Å². The maximum atomic E-state index is 10.8. The third kappa shape index (κ3) is 1.31. The van der Waals surface area contributed by atoms with E-state index in [4.69, 9.17) is 15.3 Å². The van der Waals surface area contributed by atoms with Crippen molar-refractivity contribution >= 4 is 11.8 Å². The monoisotopic (exact) mass is 176 g/mol. The van der Waals surface area contributed by atoms with E-state index in [1.807, 2.05) is 0 Å². The number of esters is 1. The number of hydrogen-bond donors (Lipinski definition) is 3. The molecule has 0 aliphatic carbocycles. The molecule has 0 saturated carbocycles. The lowest BCUT2D eigenvalue weighted by Gasteiger charge is -2.11. The normalized spacial score (nSPS) is 31.9. The van der Waals surface area contributed by atoms with Crippen LogP contribution < -0.4 is 0 Å². The highest BCUT2D eigenvalue weighted by Crippen LogP contribution is 2.13. The van der Waals surface area contributed by atoms with Gasteiger partial charge in [0, 0.05) is 0 Å². The summed E-state index contributed by atoms with van der Waals surface area (Å²) in [7, 11) is 0. The largest absolute Gasteiger partial charge is 0.449 e. The molecular formula is C6H8O6. The van der Waals surface area contributed by atoms with Crippen molar-refractivity contribution in [3.05, 3.63) is 0 Å². The number of aliphatic hydroxyl groups excluding tert-OH is 3. The lowest BCUT2D eigenvalue weighted by molar-refractivity contribution is -0.151. The minimum Gasteiger partial charge on any atom is -0.449 e. The number of aliphatic hydroxyl groups is 3. The number of hydrogen-bond acceptors (Lipinski definition) is 6. The van der Waals surface area contributed by atoms with Gasteiger partial charge in [-0.2, -0.15) is 0 Å². The summed E-state index contributed by atoms with van der Waals surface area (Å²) in [6.45, 7) is -0.698. The zero-order valence-electron chi connectivity index (χ0n) is 6.01. The predicted molar refractivity (Wildman–Crippen MR) is 34.0 cm³/mol. The molecule has 6 nitrogen and oxygen atoms in total. The molecule has 0 amide bonds. The number of Topliss-reactive ketones (excluding diaryl/α,β-unsaturated/α-hetero) is 1. The van der Waals surface area contributed by atoms with Crippen LogP contribution in [0.15, 0.2) is 0 Å². The molecule has 1 saturated heterocycles. The molecule has 0 spiro atoms. The van der Waals surface area contributed by atoms with Crippen molar-refractivity contribution in [1.29, 1.82) is 0 Å². The highest BCUT2D eigenvalue weighted by Gasteiger charge is 2.45. The summed E-state index contributed by atoms with van der Waals surface area (Å²) in [4.78, 5) is 21.4. The predicted octanol–water partition coefficient (Wildman–Crippen LogP) is -2.80. The molecule has 6 heteroatoms. The fourth-order valence-corrected chi connectivity index (χ4v) is 0.883. The summed E-state index contributed by atoms with van der Waals surface area (Å²) in [5.74, 6) is -2.00. The third-order valence-corrected chi connectivity index (χ3v) is 1.55. The van der Waals surface area contributed by atoms with Crippen LogP contribution in [0.1, 0.15) is 0 Å². The van der Waals surface area contributed by atoms with Crippen LogP contribution in [0.4, 0.5) is 0 Å². The first-order chi connectivity index (χ1) is 5.57. The highest BCUT2D eigenvalue weighted by atomic mass is 16.6. The Labute approximate surface area is 67.4 Å². The van der Waals surface area contributed by atoms with Crippen LogP contribution in [0.3, 0.4) is 0 Å². The molecule has 0 aromatic rings. The first-order valence-electron chi connectivity index (χ1n) is 3.29. The lowest BCUT2D eigenvalue weighted by atomic mass is 10.1. The van der Waals surface area contributed by atoms with Crippen LogP contribution in [0, 0.1) is 0 Å². The van der Waals surface area contributed by atoms with Crippen LogP contribution in [0.2, 0.25) is 0 Å². The van der Waals surface area contributed by atoms with Gasteiger partial charge in [-0.05, 0) is 0 Å². The lowest BCUT2D eigenvalue weighted by Crippen LogP contribution is -2.36. The summed E-state index contributed by atoms with van der Waals surface area (Å²) in [5, 5.41) is 26.1. The number of carbonyl (C=O) groups excluding carboxylic acids is 2. The molecule has 3 atom stereocenters. The SMILES string of the molecule is O=C1O[C@@H]([C@H](O)CO)C(=O)C1O. The van der Waals surface area contributed by atoms with Gasteiger partial charge in [0.2, 0.25) is 11.9 Å². The van der Waals surface area contributed by atoms with Gasteiger partial charge in [0.15, 0.2) is 6.10 Å². The van der Waals surface area contributed by atoms with Crippen molar-refractivity contribution in [2.45, 2.75) is 18.3 Å². The Hall–Kier alpha value is -0.980. The molecule has 68 valence electrons.